The molecule has 0 aliphatic carbocycles. The predicted molar refractivity (Wildman–Crippen MR) is 158 cm³/mol. The van der Waals surface area contributed by atoms with Crippen LogP contribution in [0.5, 0.6) is 5.75 Å². The minimum atomic E-state index is -0.972. The number of carbonyl (C=O) groups is 2. The Morgan fingerprint density at radius 3 is 2.46 bits per heavy atom. The molecular formula is C28H21I2N3O4. The summed E-state index contributed by atoms with van der Waals surface area (Å²) in [4.78, 5) is 26.9. The van der Waals surface area contributed by atoms with Crippen LogP contribution in [0.3, 0.4) is 0 Å². The number of halogens is 2. The lowest BCUT2D eigenvalue weighted by Crippen LogP contribution is -2.26. The molecule has 7 nitrogen and oxygen atoms in total. The number of hydrogen-bond donors (Lipinski definition) is 3. The van der Waals surface area contributed by atoms with Gasteiger partial charge in [-0.2, -0.15) is 5.26 Å². The Morgan fingerprint density at radius 1 is 1.08 bits per heavy atom. The molecule has 186 valence electrons. The molecule has 4 rings (SSSR count). The van der Waals surface area contributed by atoms with E-state index in [0.29, 0.717) is 18.7 Å². The van der Waals surface area contributed by atoms with Crippen molar-refractivity contribution in [2.75, 3.05) is 6.54 Å². The van der Waals surface area contributed by atoms with Gasteiger partial charge < -0.3 is 20.1 Å². The van der Waals surface area contributed by atoms with Gasteiger partial charge in [0, 0.05) is 23.6 Å². The summed E-state index contributed by atoms with van der Waals surface area (Å²) >= 11 is 4.31. The summed E-state index contributed by atoms with van der Waals surface area (Å²) < 4.78 is 7.63. The molecule has 37 heavy (non-hydrogen) atoms. The van der Waals surface area contributed by atoms with Crippen molar-refractivity contribution in [3.8, 4) is 11.8 Å². The second-order valence-corrected chi connectivity index (χ2v) is 10.5. The normalized spacial score (nSPS) is 11.2. The van der Waals surface area contributed by atoms with Crippen molar-refractivity contribution in [3.05, 3.63) is 102 Å². The molecule has 0 fully saturated rings. The number of nitriles is 1. The molecular weight excluding hydrogens is 696 g/mol. The van der Waals surface area contributed by atoms with E-state index >= 15 is 0 Å². The first-order chi connectivity index (χ1) is 17.9. The number of aromatic carboxylic acids is 1. The number of amides is 1. The summed E-state index contributed by atoms with van der Waals surface area (Å²) in [6.07, 6.45) is 4.16. The van der Waals surface area contributed by atoms with E-state index in [1.54, 1.807) is 30.3 Å². The lowest BCUT2D eigenvalue weighted by atomic mass is 10.1. The number of H-pyrrole nitrogens is 1. The summed E-state index contributed by atoms with van der Waals surface area (Å²) in [6.45, 7) is 0.693. The van der Waals surface area contributed by atoms with Crippen LogP contribution in [0.1, 0.15) is 27.0 Å². The third-order valence-corrected chi connectivity index (χ3v) is 7.24. The third-order valence-electron chi connectivity index (χ3n) is 5.64. The van der Waals surface area contributed by atoms with Crippen molar-refractivity contribution in [1.82, 2.24) is 10.3 Å². The number of benzene rings is 3. The minimum Gasteiger partial charge on any atom is -0.487 e. The average molecular weight is 717 g/mol. The van der Waals surface area contributed by atoms with Gasteiger partial charge in [-0.25, -0.2) is 4.79 Å². The maximum atomic E-state index is 12.7. The number of ether oxygens (including phenoxy) is 1. The minimum absolute atomic E-state index is 0.0257. The molecule has 0 atom stereocenters. The van der Waals surface area contributed by atoms with Gasteiger partial charge in [-0.05, 0) is 105 Å². The summed E-state index contributed by atoms with van der Waals surface area (Å²) in [5, 5.41) is 22.6. The molecule has 1 aromatic heterocycles. The van der Waals surface area contributed by atoms with Crippen molar-refractivity contribution in [2.45, 2.75) is 13.0 Å². The van der Waals surface area contributed by atoms with E-state index < -0.39 is 11.9 Å². The Bertz CT molecular complexity index is 1510. The van der Waals surface area contributed by atoms with Gasteiger partial charge in [0.05, 0.1) is 12.7 Å². The number of rotatable bonds is 9. The Kier molecular flexibility index (Phi) is 8.83. The summed E-state index contributed by atoms with van der Waals surface area (Å²) in [6, 6.07) is 20.2. The SMILES string of the molecule is N#C/C(=C/c1cc(I)c(OCc2ccc(C(=O)O)cc2)c(I)c1)C(=O)NCCc1c[nH]c2ccccc12. The molecule has 9 heteroatoms. The Labute approximate surface area is 240 Å². The summed E-state index contributed by atoms with van der Waals surface area (Å²) in [7, 11) is 0. The smallest absolute Gasteiger partial charge is 0.335 e. The maximum absolute atomic E-state index is 12.7. The van der Waals surface area contributed by atoms with Gasteiger partial charge in [-0.3, -0.25) is 4.79 Å². The number of nitrogens with zero attached hydrogens (tertiary/aromatic N) is 1. The number of para-hydroxylation sites is 1. The van der Waals surface area contributed by atoms with Gasteiger partial charge in [-0.15, -0.1) is 0 Å². The molecule has 0 aliphatic rings. The van der Waals surface area contributed by atoms with Crippen LogP contribution in [0.2, 0.25) is 0 Å². The highest BCUT2D eigenvalue weighted by atomic mass is 127. The zero-order valence-electron chi connectivity index (χ0n) is 19.4. The molecule has 1 amide bonds. The zero-order valence-corrected chi connectivity index (χ0v) is 23.7. The van der Waals surface area contributed by atoms with E-state index in [2.05, 4.69) is 55.5 Å². The number of carboxylic acids is 1. The topological polar surface area (TPSA) is 115 Å². The number of aromatic amines is 1. The number of carboxylic acid groups (broad SMARTS) is 1. The van der Waals surface area contributed by atoms with Crippen LogP contribution in [-0.4, -0.2) is 28.5 Å². The number of carbonyl (C=O) groups excluding carboxylic acids is 1. The average Bonchev–Trinajstić information content (AvgIpc) is 3.30. The van der Waals surface area contributed by atoms with Crippen LogP contribution >= 0.6 is 45.2 Å². The Balaban J connectivity index is 1.39. The highest BCUT2D eigenvalue weighted by Crippen LogP contribution is 2.30. The molecule has 0 saturated carbocycles. The van der Waals surface area contributed by atoms with Gasteiger partial charge in [-0.1, -0.05) is 30.3 Å². The summed E-state index contributed by atoms with van der Waals surface area (Å²) in [5.41, 5.74) is 3.97. The van der Waals surface area contributed by atoms with Crippen LogP contribution in [0.15, 0.2) is 72.4 Å². The first-order valence-electron chi connectivity index (χ1n) is 11.2. The molecule has 1 heterocycles. The van der Waals surface area contributed by atoms with Crippen molar-refractivity contribution in [2.24, 2.45) is 0 Å². The molecule has 0 spiro atoms. The fourth-order valence-electron chi connectivity index (χ4n) is 3.76. The highest BCUT2D eigenvalue weighted by molar-refractivity contribution is 14.1. The summed E-state index contributed by atoms with van der Waals surface area (Å²) in [5.74, 6) is -0.709. The van der Waals surface area contributed by atoms with Gasteiger partial charge in [0.2, 0.25) is 0 Å². The van der Waals surface area contributed by atoms with Gasteiger partial charge in [0.25, 0.3) is 5.91 Å². The molecule has 3 aromatic carbocycles. The molecule has 0 unspecified atom stereocenters. The van der Waals surface area contributed by atoms with Gasteiger partial charge >= 0.3 is 5.97 Å². The number of fused-ring (bicyclic) bond motifs is 1. The number of nitrogens with one attached hydrogen (secondary N) is 2. The monoisotopic (exact) mass is 717 g/mol. The predicted octanol–water partition coefficient (Wildman–Crippen LogP) is 5.92. The molecule has 0 radical (unpaired) electrons. The second kappa shape index (κ2) is 12.2. The number of aromatic nitrogens is 1. The molecule has 0 saturated heterocycles. The fourth-order valence-corrected chi connectivity index (χ4v) is 5.89. The quantitative estimate of drug-likeness (QED) is 0.113. The fraction of sp³-hybridized carbons (Fsp3) is 0.107. The maximum Gasteiger partial charge on any atom is 0.335 e. The van der Waals surface area contributed by atoms with Crippen molar-refractivity contribution in [3.63, 3.8) is 0 Å². The highest BCUT2D eigenvalue weighted by Gasteiger charge is 2.13. The van der Waals surface area contributed by atoms with Crippen molar-refractivity contribution >= 4 is 74.0 Å². The van der Waals surface area contributed by atoms with E-state index in [1.165, 1.54) is 0 Å². The Hall–Kier alpha value is -3.37. The standard InChI is InChI=1S/C28H21I2N3O4/c29-23-12-18(13-24(30)26(23)37-16-17-5-7-19(8-6-17)28(35)36)11-21(14-31)27(34)32-10-9-20-15-33-25-4-2-1-3-22(20)25/h1-8,11-13,15,33H,9-10,16H2,(H,32,34)(H,35,36)/b21-11-. The Morgan fingerprint density at radius 2 is 1.78 bits per heavy atom. The zero-order chi connectivity index (χ0) is 26.4. The van der Waals surface area contributed by atoms with E-state index in [-0.39, 0.29) is 17.7 Å². The van der Waals surface area contributed by atoms with Crippen LogP contribution in [0.4, 0.5) is 0 Å². The van der Waals surface area contributed by atoms with E-state index in [9.17, 15) is 14.9 Å². The van der Waals surface area contributed by atoms with Crippen LogP contribution < -0.4 is 10.1 Å². The number of hydrogen-bond acceptors (Lipinski definition) is 4. The van der Waals surface area contributed by atoms with Crippen LogP contribution in [-0.2, 0) is 17.8 Å². The van der Waals surface area contributed by atoms with Gasteiger partial charge in [0.1, 0.15) is 24.0 Å². The lowest BCUT2D eigenvalue weighted by Gasteiger charge is -2.12. The third kappa shape index (κ3) is 6.69. The molecule has 0 aliphatic heterocycles. The van der Waals surface area contributed by atoms with Crippen LogP contribution in [0, 0.1) is 18.5 Å². The largest absolute Gasteiger partial charge is 0.487 e. The van der Waals surface area contributed by atoms with Crippen molar-refractivity contribution < 1.29 is 19.4 Å². The second-order valence-electron chi connectivity index (χ2n) is 8.14. The molecule has 4 aromatic rings. The molecule has 0 bridgehead atoms. The van der Waals surface area contributed by atoms with Crippen LogP contribution in [0.25, 0.3) is 17.0 Å². The van der Waals surface area contributed by atoms with E-state index in [4.69, 9.17) is 9.84 Å². The van der Waals surface area contributed by atoms with E-state index in [0.717, 1.165) is 34.7 Å². The van der Waals surface area contributed by atoms with E-state index in [1.807, 2.05) is 48.7 Å². The van der Waals surface area contributed by atoms with Crippen molar-refractivity contribution in [1.29, 1.82) is 5.26 Å². The molecule has 3 N–H and O–H groups in total. The lowest BCUT2D eigenvalue weighted by molar-refractivity contribution is -0.117. The first kappa shape index (κ1) is 26.7. The first-order valence-corrected chi connectivity index (χ1v) is 13.4. The van der Waals surface area contributed by atoms with Gasteiger partial charge in [0.15, 0.2) is 0 Å².